The predicted octanol–water partition coefficient (Wildman–Crippen LogP) is 2.84. The van der Waals surface area contributed by atoms with Crippen LogP contribution < -0.4 is 5.32 Å². The van der Waals surface area contributed by atoms with Gasteiger partial charge in [-0.15, -0.1) is 0 Å². The van der Waals surface area contributed by atoms with Gasteiger partial charge in [0, 0.05) is 36.7 Å². The maximum atomic E-state index is 12.5. The largest absolute Gasteiger partial charge is 0.376 e. The molecular weight excluding hydrogens is 384 g/mol. The second kappa shape index (κ2) is 7.42. The minimum atomic E-state index is -0.191. The number of H-pyrrole nitrogens is 1. The number of carbonyl (C=O) groups is 1. The van der Waals surface area contributed by atoms with E-state index in [0.29, 0.717) is 24.0 Å². The van der Waals surface area contributed by atoms with Crippen LogP contribution in [0.3, 0.4) is 0 Å². The summed E-state index contributed by atoms with van der Waals surface area (Å²) in [5.74, 6) is 0.852. The molecule has 30 heavy (non-hydrogen) atoms. The molecule has 0 radical (unpaired) electrons. The van der Waals surface area contributed by atoms with Crippen molar-refractivity contribution in [1.82, 2.24) is 30.2 Å². The normalized spacial score (nSPS) is 16.4. The van der Waals surface area contributed by atoms with Crippen LogP contribution >= 0.6 is 0 Å². The first-order valence-corrected chi connectivity index (χ1v) is 9.94. The highest BCUT2D eigenvalue weighted by molar-refractivity contribution is 5.94. The molecule has 0 saturated carbocycles. The molecule has 0 bridgehead atoms. The molecule has 1 amide bonds. The summed E-state index contributed by atoms with van der Waals surface area (Å²) in [5, 5.41) is 12.1. The third-order valence-electron chi connectivity index (χ3n) is 5.30. The lowest BCUT2D eigenvalue weighted by atomic mass is 10.1. The summed E-state index contributed by atoms with van der Waals surface area (Å²) >= 11 is 0. The van der Waals surface area contributed by atoms with Gasteiger partial charge in [0.1, 0.15) is 5.69 Å². The molecule has 4 heterocycles. The van der Waals surface area contributed by atoms with Crippen LogP contribution in [0.5, 0.6) is 0 Å². The van der Waals surface area contributed by atoms with Gasteiger partial charge < -0.3 is 19.6 Å². The highest BCUT2D eigenvalue weighted by atomic mass is 16.5. The number of aromatic nitrogens is 5. The van der Waals surface area contributed by atoms with Crippen molar-refractivity contribution in [2.75, 3.05) is 13.2 Å². The van der Waals surface area contributed by atoms with Crippen molar-refractivity contribution in [2.45, 2.75) is 25.9 Å². The predicted molar refractivity (Wildman–Crippen MR) is 110 cm³/mol. The Morgan fingerprint density at radius 2 is 2.23 bits per heavy atom. The second-order valence-corrected chi connectivity index (χ2v) is 7.52. The molecular formula is C21H22N6O3. The Kier molecular flexibility index (Phi) is 4.59. The van der Waals surface area contributed by atoms with Gasteiger partial charge in [-0.3, -0.25) is 9.48 Å². The number of benzene rings is 1. The number of aromatic amines is 1. The van der Waals surface area contributed by atoms with Crippen molar-refractivity contribution in [3.05, 3.63) is 41.9 Å². The van der Waals surface area contributed by atoms with E-state index in [9.17, 15) is 4.79 Å². The number of amides is 1. The number of rotatable bonds is 5. The van der Waals surface area contributed by atoms with Crippen molar-refractivity contribution >= 4 is 16.8 Å². The Morgan fingerprint density at radius 3 is 3.00 bits per heavy atom. The minimum absolute atomic E-state index is 0.102. The molecule has 0 unspecified atom stereocenters. The van der Waals surface area contributed by atoms with Crippen molar-refractivity contribution < 1.29 is 14.1 Å². The molecule has 1 fully saturated rings. The van der Waals surface area contributed by atoms with E-state index in [1.807, 2.05) is 31.3 Å². The molecule has 0 spiro atoms. The summed E-state index contributed by atoms with van der Waals surface area (Å²) < 4.78 is 12.5. The molecule has 1 aromatic carbocycles. The van der Waals surface area contributed by atoms with E-state index in [-0.39, 0.29) is 12.0 Å². The number of aryl methyl sites for hydroxylation is 2. The Labute approximate surface area is 172 Å². The average molecular weight is 406 g/mol. The van der Waals surface area contributed by atoms with Crippen LogP contribution in [0.25, 0.3) is 33.7 Å². The summed E-state index contributed by atoms with van der Waals surface area (Å²) in [6, 6.07) is 9.80. The zero-order valence-electron chi connectivity index (χ0n) is 16.8. The van der Waals surface area contributed by atoms with Crippen LogP contribution in [0, 0.1) is 6.92 Å². The molecule has 1 atom stereocenters. The summed E-state index contributed by atoms with van der Waals surface area (Å²) in [7, 11) is 1.83. The lowest BCUT2D eigenvalue weighted by Gasteiger charge is -2.09. The minimum Gasteiger partial charge on any atom is -0.376 e. The fourth-order valence-corrected chi connectivity index (χ4v) is 3.76. The maximum Gasteiger partial charge on any atom is 0.274 e. The number of hydrogen-bond acceptors (Lipinski definition) is 6. The maximum absolute atomic E-state index is 12.5. The first-order chi connectivity index (χ1) is 14.6. The molecule has 1 aliphatic rings. The first kappa shape index (κ1) is 18.6. The van der Waals surface area contributed by atoms with Crippen LogP contribution in [-0.4, -0.2) is 50.1 Å². The van der Waals surface area contributed by atoms with Crippen LogP contribution in [0.1, 0.15) is 29.2 Å². The molecule has 154 valence electrons. The number of nitrogens with zero attached hydrogens (tertiary/aromatic N) is 4. The van der Waals surface area contributed by atoms with Crippen molar-refractivity contribution in [1.29, 1.82) is 0 Å². The van der Waals surface area contributed by atoms with Gasteiger partial charge in [0.15, 0.2) is 11.5 Å². The summed E-state index contributed by atoms with van der Waals surface area (Å²) in [4.78, 5) is 20.1. The quantitative estimate of drug-likeness (QED) is 0.527. The van der Waals surface area contributed by atoms with E-state index >= 15 is 0 Å². The van der Waals surface area contributed by atoms with Crippen molar-refractivity contribution in [3.63, 3.8) is 0 Å². The molecule has 2 N–H and O–H groups in total. The van der Waals surface area contributed by atoms with Crippen LogP contribution in [-0.2, 0) is 11.8 Å². The molecule has 9 heteroatoms. The van der Waals surface area contributed by atoms with Gasteiger partial charge in [-0.2, -0.15) is 10.1 Å². The molecule has 1 aliphatic heterocycles. The average Bonchev–Trinajstić information content (AvgIpc) is 3.51. The lowest BCUT2D eigenvalue weighted by molar-refractivity contribution is 0.0853. The number of carbonyl (C=O) groups excluding carboxylic acids is 1. The number of nitrogens with one attached hydrogen (secondary N) is 2. The monoisotopic (exact) mass is 406 g/mol. The Hall–Kier alpha value is -3.46. The smallest absolute Gasteiger partial charge is 0.274 e. The van der Waals surface area contributed by atoms with E-state index in [2.05, 4.69) is 25.5 Å². The number of hydrogen-bond donors (Lipinski definition) is 2. The molecule has 4 aromatic rings. The van der Waals surface area contributed by atoms with E-state index < -0.39 is 0 Å². The molecule has 9 nitrogen and oxygen atoms in total. The fourth-order valence-electron chi connectivity index (χ4n) is 3.76. The van der Waals surface area contributed by atoms with Gasteiger partial charge in [-0.1, -0.05) is 11.2 Å². The lowest BCUT2D eigenvalue weighted by Crippen LogP contribution is -2.32. The topological polar surface area (TPSA) is 111 Å². The Balaban J connectivity index is 1.38. The van der Waals surface area contributed by atoms with E-state index in [4.69, 9.17) is 9.26 Å². The van der Waals surface area contributed by atoms with Gasteiger partial charge in [0.2, 0.25) is 0 Å². The second-order valence-electron chi connectivity index (χ2n) is 7.52. The molecule has 3 aromatic heterocycles. The molecule has 5 rings (SSSR count). The van der Waals surface area contributed by atoms with Crippen molar-refractivity contribution in [3.8, 4) is 22.8 Å². The zero-order chi connectivity index (χ0) is 20.7. The Morgan fingerprint density at radius 1 is 1.33 bits per heavy atom. The first-order valence-electron chi connectivity index (χ1n) is 9.94. The van der Waals surface area contributed by atoms with Crippen molar-refractivity contribution in [2.24, 2.45) is 7.05 Å². The van der Waals surface area contributed by atoms with Crippen LogP contribution in [0.2, 0.25) is 0 Å². The molecule has 0 aliphatic carbocycles. The zero-order valence-corrected chi connectivity index (χ0v) is 16.8. The summed E-state index contributed by atoms with van der Waals surface area (Å²) in [5.41, 5.74) is 3.93. The highest BCUT2D eigenvalue weighted by Gasteiger charge is 2.19. The van der Waals surface area contributed by atoms with E-state index in [1.54, 1.807) is 17.7 Å². The molecule has 1 saturated heterocycles. The summed E-state index contributed by atoms with van der Waals surface area (Å²) in [6.07, 6.45) is 2.13. The Bertz CT molecular complexity index is 1210. The number of ether oxygens (including phenoxy) is 1. The van der Waals surface area contributed by atoms with Crippen LogP contribution in [0.4, 0.5) is 0 Å². The van der Waals surface area contributed by atoms with E-state index in [1.165, 1.54) is 0 Å². The third-order valence-corrected chi connectivity index (χ3v) is 5.30. The standard InChI is InChI=1S/C21H22N6O3/c1-12-23-21(30-26-12)18-9-14-8-13(5-6-16(14)24-18)19-10-17(25-27(19)2)20(28)22-11-15-4-3-7-29-15/h5-6,8-10,15,24H,3-4,7,11H2,1-2H3,(H,22,28)/t15-/m1/s1. The van der Waals surface area contributed by atoms with Gasteiger partial charge in [0.25, 0.3) is 11.8 Å². The highest BCUT2D eigenvalue weighted by Crippen LogP contribution is 2.28. The SMILES string of the molecule is Cc1noc(-c2cc3cc(-c4cc(C(=O)NC[C@H]5CCCO5)nn4C)ccc3[nH]2)n1. The van der Waals surface area contributed by atoms with E-state index in [0.717, 1.165) is 47.3 Å². The van der Waals surface area contributed by atoms with Gasteiger partial charge >= 0.3 is 0 Å². The fraction of sp³-hybridized carbons (Fsp3) is 0.333. The number of fused-ring (bicyclic) bond motifs is 1. The van der Waals surface area contributed by atoms with Gasteiger partial charge in [0.05, 0.1) is 11.8 Å². The van der Waals surface area contributed by atoms with Gasteiger partial charge in [-0.05, 0) is 44.0 Å². The van der Waals surface area contributed by atoms with Gasteiger partial charge in [-0.25, -0.2) is 0 Å². The third kappa shape index (κ3) is 3.48. The van der Waals surface area contributed by atoms with Crippen LogP contribution in [0.15, 0.2) is 34.9 Å². The summed E-state index contributed by atoms with van der Waals surface area (Å²) in [6.45, 7) is 3.06.